The molecule has 0 fully saturated rings. The van der Waals surface area contributed by atoms with E-state index in [2.05, 4.69) is 31.2 Å². The summed E-state index contributed by atoms with van der Waals surface area (Å²) in [6.07, 6.45) is 0.159. The van der Waals surface area contributed by atoms with Gasteiger partial charge in [-0.2, -0.15) is 0 Å². The number of benzene rings is 2. The van der Waals surface area contributed by atoms with E-state index in [-0.39, 0.29) is 0 Å². The van der Waals surface area contributed by atoms with E-state index in [0.29, 0.717) is 13.0 Å². The van der Waals surface area contributed by atoms with Crippen LogP contribution in [0.15, 0.2) is 48.5 Å². The van der Waals surface area contributed by atoms with Gasteiger partial charge in [-0.25, -0.2) is 0 Å². The number of hydrogen-bond donors (Lipinski definition) is 1. The van der Waals surface area contributed by atoms with E-state index in [4.69, 9.17) is 4.74 Å². The molecule has 0 aliphatic heterocycles. The number of rotatable bonds is 5. The van der Waals surface area contributed by atoms with Crippen LogP contribution >= 0.6 is 0 Å². The van der Waals surface area contributed by atoms with Crippen LogP contribution in [0.4, 0.5) is 0 Å². The fourth-order valence-corrected chi connectivity index (χ4v) is 2.02. The highest BCUT2D eigenvalue weighted by molar-refractivity contribution is 5.30. The van der Waals surface area contributed by atoms with E-state index in [1.807, 2.05) is 31.2 Å². The molecule has 0 bridgehead atoms. The number of ether oxygens (including phenoxy) is 1. The van der Waals surface area contributed by atoms with Gasteiger partial charge in [0.1, 0.15) is 5.75 Å². The molecule has 2 heteroatoms. The number of aryl methyl sites for hydroxylation is 1. The molecule has 0 aliphatic carbocycles. The highest BCUT2D eigenvalue weighted by Crippen LogP contribution is 2.21. The van der Waals surface area contributed by atoms with Crippen LogP contribution in [0, 0.1) is 6.92 Å². The van der Waals surface area contributed by atoms with Gasteiger partial charge >= 0.3 is 0 Å². The number of hydrogen-bond acceptors (Lipinski definition) is 2. The highest BCUT2D eigenvalue weighted by atomic mass is 16.5. The highest BCUT2D eigenvalue weighted by Gasteiger charge is 2.08. The summed E-state index contributed by atoms with van der Waals surface area (Å²) in [5.41, 5.74) is 3.30. The lowest BCUT2D eigenvalue weighted by molar-refractivity contribution is 0.178. The van der Waals surface area contributed by atoms with Crippen LogP contribution in [-0.2, 0) is 6.42 Å². The van der Waals surface area contributed by atoms with Gasteiger partial charge < -0.3 is 9.84 Å². The quantitative estimate of drug-likeness (QED) is 0.884. The maximum absolute atomic E-state index is 10.2. The first-order chi connectivity index (χ1) is 9.19. The fraction of sp³-hybridized carbons (Fsp3) is 0.294. The van der Waals surface area contributed by atoms with Crippen molar-refractivity contribution in [2.24, 2.45) is 0 Å². The van der Waals surface area contributed by atoms with E-state index in [1.54, 1.807) is 0 Å². The molecule has 100 valence electrons. The van der Waals surface area contributed by atoms with Crippen molar-refractivity contribution in [2.45, 2.75) is 26.4 Å². The van der Waals surface area contributed by atoms with Crippen molar-refractivity contribution >= 4 is 0 Å². The Morgan fingerprint density at radius 1 is 1.00 bits per heavy atom. The zero-order valence-corrected chi connectivity index (χ0v) is 11.5. The van der Waals surface area contributed by atoms with Gasteiger partial charge in [0.2, 0.25) is 0 Å². The van der Waals surface area contributed by atoms with Crippen molar-refractivity contribution in [1.29, 1.82) is 0 Å². The normalized spacial score (nSPS) is 12.2. The molecule has 1 unspecified atom stereocenters. The van der Waals surface area contributed by atoms with E-state index in [9.17, 15) is 5.11 Å². The Labute approximate surface area is 114 Å². The third kappa shape index (κ3) is 3.83. The van der Waals surface area contributed by atoms with Gasteiger partial charge in [0.25, 0.3) is 0 Å². The number of aliphatic hydroxyl groups excluding tert-OH is 1. The zero-order chi connectivity index (χ0) is 13.7. The molecule has 1 N–H and O–H groups in total. The van der Waals surface area contributed by atoms with Crippen molar-refractivity contribution in [1.82, 2.24) is 0 Å². The molecule has 1 atom stereocenters. The van der Waals surface area contributed by atoms with Gasteiger partial charge in [-0.15, -0.1) is 0 Å². The maximum Gasteiger partial charge on any atom is 0.119 e. The second-order valence-electron chi connectivity index (χ2n) is 4.71. The SMILES string of the molecule is CCOc1ccc(C(O)Cc2ccc(C)cc2)cc1. The Kier molecular flexibility index (Phi) is 4.58. The van der Waals surface area contributed by atoms with Crippen molar-refractivity contribution < 1.29 is 9.84 Å². The van der Waals surface area contributed by atoms with E-state index in [0.717, 1.165) is 16.9 Å². The Hall–Kier alpha value is -1.80. The topological polar surface area (TPSA) is 29.5 Å². The molecule has 19 heavy (non-hydrogen) atoms. The molecular formula is C17H20O2. The second-order valence-corrected chi connectivity index (χ2v) is 4.71. The Bertz CT molecular complexity index is 500. The van der Waals surface area contributed by atoms with Crippen molar-refractivity contribution in [2.75, 3.05) is 6.61 Å². The van der Waals surface area contributed by atoms with Crippen LogP contribution in [0.5, 0.6) is 5.75 Å². The van der Waals surface area contributed by atoms with Gasteiger partial charge in [0.15, 0.2) is 0 Å². The van der Waals surface area contributed by atoms with E-state index < -0.39 is 6.10 Å². The Balaban J connectivity index is 2.02. The lowest BCUT2D eigenvalue weighted by atomic mass is 10.0. The molecule has 2 aromatic rings. The third-order valence-corrected chi connectivity index (χ3v) is 3.13. The largest absolute Gasteiger partial charge is 0.494 e. The first-order valence-electron chi connectivity index (χ1n) is 6.65. The van der Waals surface area contributed by atoms with Crippen LogP contribution < -0.4 is 4.74 Å². The molecule has 2 nitrogen and oxygen atoms in total. The third-order valence-electron chi connectivity index (χ3n) is 3.13. The smallest absolute Gasteiger partial charge is 0.119 e. The summed E-state index contributed by atoms with van der Waals surface area (Å²) in [6.45, 7) is 4.68. The van der Waals surface area contributed by atoms with Crippen molar-refractivity contribution in [3.63, 3.8) is 0 Å². The summed E-state index contributed by atoms with van der Waals surface area (Å²) in [5, 5.41) is 10.2. The van der Waals surface area contributed by atoms with E-state index >= 15 is 0 Å². The number of aliphatic hydroxyl groups is 1. The van der Waals surface area contributed by atoms with Gasteiger partial charge in [-0.1, -0.05) is 42.0 Å². The van der Waals surface area contributed by atoms with Crippen LogP contribution in [0.25, 0.3) is 0 Å². The predicted molar refractivity (Wildman–Crippen MR) is 77.5 cm³/mol. The zero-order valence-electron chi connectivity index (χ0n) is 11.5. The molecular weight excluding hydrogens is 236 g/mol. The summed E-state index contributed by atoms with van der Waals surface area (Å²) in [5.74, 6) is 0.841. The molecule has 0 aliphatic rings. The van der Waals surface area contributed by atoms with E-state index in [1.165, 1.54) is 5.56 Å². The summed E-state index contributed by atoms with van der Waals surface area (Å²) in [4.78, 5) is 0. The standard InChI is InChI=1S/C17H20O2/c1-3-19-16-10-8-15(9-11-16)17(18)12-14-6-4-13(2)5-7-14/h4-11,17-18H,3,12H2,1-2H3. The molecule has 0 saturated carbocycles. The van der Waals surface area contributed by atoms with Gasteiger partial charge in [-0.3, -0.25) is 0 Å². The lowest BCUT2D eigenvalue weighted by Crippen LogP contribution is -2.02. The van der Waals surface area contributed by atoms with Crippen molar-refractivity contribution in [3.8, 4) is 5.75 Å². The van der Waals surface area contributed by atoms with Crippen LogP contribution in [-0.4, -0.2) is 11.7 Å². The summed E-state index contributed by atoms with van der Waals surface area (Å²) < 4.78 is 5.39. The minimum absolute atomic E-state index is 0.474. The molecule has 0 saturated heterocycles. The lowest BCUT2D eigenvalue weighted by Gasteiger charge is -2.12. The molecule has 0 amide bonds. The van der Waals surface area contributed by atoms with Crippen LogP contribution in [0.1, 0.15) is 29.7 Å². The maximum atomic E-state index is 10.2. The minimum Gasteiger partial charge on any atom is -0.494 e. The monoisotopic (exact) mass is 256 g/mol. The molecule has 0 radical (unpaired) electrons. The first kappa shape index (κ1) is 13.6. The van der Waals surface area contributed by atoms with Gasteiger partial charge in [0.05, 0.1) is 12.7 Å². The summed E-state index contributed by atoms with van der Waals surface area (Å²) in [7, 11) is 0. The molecule has 2 rings (SSSR count). The molecule has 0 aromatic heterocycles. The fourth-order valence-electron chi connectivity index (χ4n) is 2.02. The van der Waals surface area contributed by atoms with Gasteiger partial charge in [-0.05, 0) is 37.1 Å². The second kappa shape index (κ2) is 6.39. The Morgan fingerprint density at radius 2 is 1.63 bits per heavy atom. The predicted octanol–water partition coefficient (Wildman–Crippen LogP) is 3.67. The van der Waals surface area contributed by atoms with Crippen LogP contribution in [0.2, 0.25) is 0 Å². The first-order valence-corrected chi connectivity index (χ1v) is 6.65. The average Bonchev–Trinajstić information content (AvgIpc) is 2.42. The molecule has 2 aromatic carbocycles. The molecule has 0 heterocycles. The Morgan fingerprint density at radius 3 is 2.21 bits per heavy atom. The van der Waals surface area contributed by atoms with Crippen molar-refractivity contribution in [3.05, 3.63) is 65.2 Å². The average molecular weight is 256 g/mol. The summed E-state index contributed by atoms with van der Waals surface area (Å²) >= 11 is 0. The van der Waals surface area contributed by atoms with Crippen LogP contribution in [0.3, 0.4) is 0 Å². The molecule has 0 spiro atoms. The van der Waals surface area contributed by atoms with Gasteiger partial charge in [0, 0.05) is 6.42 Å². The minimum atomic E-state index is -0.474. The summed E-state index contributed by atoms with van der Waals surface area (Å²) in [6, 6.07) is 15.9.